The van der Waals surface area contributed by atoms with Crippen molar-refractivity contribution in [3.63, 3.8) is 0 Å². The number of nitrogens with two attached hydrogens (primary N) is 1. The van der Waals surface area contributed by atoms with Crippen molar-refractivity contribution < 1.29 is 9.59 Å². The van der Waals surface area contributed by atoms with E-state index in [0.29, 0.717) is 24.4 Å². The van der Waals surface area contributed by atoms with Crippen LogP contribution in [0.5, 0.6) is 0 Å². The molecule has 0 aliphatic carbocycles. The minimum Gasteiger partial charge on any atom is -0.368 e. The van der Waals surface area contributed by atoms with Crippen LogP contribution in [0, 0.1) is 0 Å². The molecule has 25 heavy (non-hydrogen) atoms. The van der Waals surface area contributed by atoms with Gasteiger partial charge in [0.25, 0.3) is 0 Å². The van der Waals surface area contributed by atoms with Crippen LogP contribution in [-0.2, 0) is 4.79 Å². The highest BCUT2D eigenvalue weighted by atomic mass is 32.2. The normalized spacial score (nSPS) is 14.4. The molecule has 1 saturated heterocycles. The Morgan fingerprint density at radius 3 is 2.16 bits per heavy atom. The van der Waals surface area contributed by atoms with Crippen molar-refractivity contribution in [2.45, 2.75) is 4.90 Å². The molecule has 2 aromatic carbocycles. The number of carbonyl (C=O) groups excluding carboxylic acids is 2. The maximum atomic E-state index is 12.4. The molecule has 0 unspecified atom stereocenters. The second kappa shape index (κ2) is 8.07. The quantitative estimate of drug-likeness (QED) is 0.835. The van der Waals surface area contributed by atoms with Crippen molar-refractivity contribution in [3.8, 4) is 0 Å². The van der Waals surface area contributed by atoms with Crippen molar-refractivity contribution in [1.82, 2.24) is 4.90 Å². The lowest BCUT2D eigenvalue weighted by Crippen LogP contribution is -2.49. The zero-order valence-corrected chi connectivity index (χ0v) is 14.7. The third-order valence-corrected chi connectivity index (χ3v) is 5.25. The van der Waals surface area contributed by atoms with Crippen LogP contribution in [0.25, 0.3) is 0 Å². The van der Waals surface area contributed by atoms with Crippen LogP contribution in [0.2, 0.25) is 0 Å². The highest BCUT2D eigenvalue weighted by molar-refractivity contribution is 8.00. The van der Waals surface area contributed by atoms with E-state index in [0.717, 1.165) is 23.7 Å². The molecule has 3 rings (SSSR count). The van der Waals surface area contributed by atoms with Gasteiger partial charge in [-0.05, 0) is 36.4 Å². The Labute approximate surface area is 151 Å². The smallest absolute Gasteiger partial charge is 0.248 e. The number of carbonyl (C=O) groups is 2. The van der Waals surface area contributed by atoms with E-state index < -0.39 is 5.91 Å². The molecule has 2 N–H and O–H groups in total. The number of primary amides is 1. The number of hydrogen-bond acceptors (Lipinski definition) is 4. The second-order valence-electron chi connectivity index (χ2n) is 5.88. The van der Waals surface area contributed by atoms with Gasteiger partial charge in [-0.2, -0.15) is 0 Å². The number of nitrogens with zero attached hydrogens (tertiary/aromatic N) is 2. The van der Waals surface area contributed by atoms with Crippen molar-refractivity contribution >= 4 is 29.3 Å². The first-order chi connectivity index (χ1) is 12.1. The van der Waals surface area contributed by atoms with Crippen molar-refractivity contribution in [2.24, 2.45) is 5.73 Å². The van der Waals surface area contributed by atoms with E-state index in [1.807, 2.05) is 47.4 Å². The Morgan fingerprint density at radius 1 is 0.920 bits per heavy atom. The molecule has 0 aromatic heterocycles. The van der Waals surface area contributed by atoms with Crippen LogP contribution in [0.1, 0.15) is 10.4 Å². The van der Waals surface area contributed by atoms with Gasteiger partial charge in [-0.15, -0.1) is 11.8 Å². The molecule has 1 aliphatic rings. The van der Waals surface area contributed by atoms with Gasteiger partial charge in [0.05, 0.1) is 5.75 Å². The lowest BCUT2D eigenvalue weighted by atomic mass is 10.1. The van der Waals surface area contributed by atoms with Gasteiger partial charge in [-0.25, -0.2) is 0 Å². The summed E-state index contributed by atoms with van der Waals surface area (Å²) in [5, 5.41) is 0. The lowest BCUT2D eigenvalue weighted by molar-refractivity contribution is -0.128. The third-order valence-electron chi connectivity index (χ3n) is 4.25. The third kappa shape index (κ3) is 4.54. The monoisotopic (exact) mass is 355 g/mol. The Balaban J connectivity index is 1.49. The number of piperazine rings is 1. The van der Waals surface area contributed by atoms with E-state index >= 15 is 0 Å². The summed E-state index contributed by atoms with van der Waals surface area (Å²) in [6.07, 6.45) is 0. The zero-order valence-electron chi connectivity index (χ0n) is 13.9. The molecule has 5 nitrogen and oxygen atoms in total. The molecule has 6 heteroatoms. The number of benzene rings is 2. The predicted octanol–water partition coefficient (Wildman–Crippen LogP) is 2.23. The van der Waals surface area contributed by atoms with E-state index in [-0.39, 0.29) is 5.91 Å². The molecule has 1 aliphatic heterocycles. The molecule has 2 aromatic rings. The molecule has 0 bridgehead atoms. The molecule has 0 radical (unpaired) electrons. The fraction of sp³-hybridized carbons (Fsp3) is 0.263. The van der Waals surface area contributed by atoms with Crippen molar-refractivity contribution in [1.29, 1.82) is 0 Å². The second-order valence-corrected chi connectivity index (χ2v) is 6.93. The highest BCUT2D eigenvalue weighted by Crippen LogP contribution is 2.20. The largest absolute Gasteiger partial charge is 0.368 e. The molecule has 130 valence electrons. The first-order valence-electron chi connectivity index (χ1n) is 8.24. The molecule has 0 saturated carbocycles. The van der Waals surface area contributed by atoms with E-state index in [4.69, 9.17) is 5.73 Å². The Morgan fingerprint density at radius 2 is 1.56 bits per heavy atom. The van der Waals surface area contributed by atoms with Crippen LogP contribution in [0.15, 0.2) is 59.5 Å². The topological polar surface area (TPSA) is 66.6 Å². The average Bonchev–Trinajstić information content (AvgIpc) is 2.67. The molecule has 0 atom stereocenters. The van der Waals surface area contributed by atoms with Crippen LogP contribution >= 0.6 is 11.8 Å². The SMILES string of the molecule is NC(=O)c1ccc(N2CCN(C(=O)CSc3ccccc3)CC2)cc1. The maximum Gasteiger partial charge on any atom is 0.248 e. The summed E-state index contributed by atoms with van der Waals surface area (Å²) in [5.41, 5.74) is 6.83. The van der Waals surface area contributed by atoms with Gasteiger partial charge in [-0.1, -0.05) is 18.2 Å². The molecular weight excluding hydrogens is 334 g/mol. The maximum absolute atomic E-state index is 12.4. The van der Waals surface area contributed by atoms with Crippen LogP contribution in [0.3, 0.4) is 0 Å². The van der Waals surface area contributed by atoms with Crippen molar-refractivity contribution in [3.05, 3.63) is 60.2 Å². The fourth-order valence-electron chi connectivity index (χ4n) is 2.80. The van der Waals surface area contributed by atoms with Crippen LogP contribution in [-0.4, -0.2) is 48.6 Å². The fourth-order valence-corrected chi connectivity index (χ4v) is 3.63. The Kier molecular flexibility index (Phi) is 5.60. The van der Waals surface area contributed by atoms with E-state index in [2.05, 4.69) is 4.90 Å². The number of rotatable bonds is 5. The standard InChI is InChI=1S/C19H21N3O2S/c20-19(24)15-6-8-16(9-7-15)21-10-12-22(13-11-21)18(23)14-25-17-4-2-1-3-5-17/h1-9H,10-14H2,(H2,20,24). The van der Waals surface area contributed by atoms with Gasteiger partial charge >= 0.3 is 0 Å². The number of amides is 2. The van der Waals surface area contributed by atoms with Gasteiger partial charge in [0.2, 0.25) is 11.8 Å². The van der Waals surface area contributed by atoms with Crippen molar-refractivity contribution in [2.75, 3.05) is 36.8 Å². The van der Waals surface area contributed by atoms with Crippen LogP contribution in [0.4, 0.5) is 5.69 Å². The van der Waals surface area contributed by atoms with Crippen LogP contribution < -0.4 is 10.6 Å². The van der Waals surface area contributed by atoms with Gasteiger partial charge in [0.1, 0.15) is 0 Å². The average molecular weight is 355 g/mol. The molecule has 1 heterocycles. The highest BCUT2D eigenvalue weighted by Gasteiger charge is 2.21. The first kappa shape index (κ1) is 17.4. The van der Waals surface area contributed by atoms with Gasteiger partial charge < -0.3 is 15.5 Å². The summed E-state index contributed by atoms with van der Waals surface area (Å²) >= 11 is 1.58. The minimum atomic E-state index is -0.419. The van der Waals surface area contributed by atoms with Gasteiger partial charge in [0.15, 0.2) is 0 Å². The Hall–Kier alpha value is -2.47. The first-order valence-corrected chi connectivity index (χ1v) is 9.22. The number of thioether (sulfide) groups is 1. The number of anilines is 1. The number of hydrogen-bond donors (Lipinski definition) is 1. The lowest BCUT2D eigenvalue weighted by Gasteiger charge is -2.36. The summed E-state index contributed by atoms with van der Waals surface area (Å²) < 4.78 is 0. The van der Waals surface area contributed by atoms with E-state index in [1.165, 1.54) is 0 Å². The predicted molar refractivity (Wildman–Crippen MR) is 101 cm³/mol. The summed E-state index contributed by atoms with van der Waals surface area (Å²) in [5.74, 6) is 0.229. The summed E-state index contributed by atoms with van der Waals surface area (Å²) in [6, 6.07) is 17.3. The molecule has 1 fully saturated rings. The van der Waals surface area contributed by atoms with E-state index in [9.17, 15) is 9.59 Å². The summed E-state index contributed by atoms with van der Waals surface area (Å²) in [7, 11) is 0. The Bertz CT molecular complexity index is 726. The summed E-state index contributed by atoms with van der Waals surface area (Å²) in [6.45, 7) is 3.01. The minimum absolute atomic E-state index is 0.178. The van der Waals surface area contributed by atoms with Gasteiger partial charge in [-0.3, -0.25) is 9.59 Å². The van der Waals surface area contributed by atoms with Gasteiger partial charge in [0, 0.05) is 42.3 Å². The van der Waals surface area contributed by atoms with E-state index in [1.54, 1.807) is 23.9 Å². The summed E-state index contributed by atoms with van der Waals surface area (Å²) in [4.78, 5) is 28.8. The molecular formula is C19H21N3O2S. The zero-order chi connectivity index (χ0) is 17.6. The molecule has 2 amide bonds. The molecule has 0 spiro atoms.